The van der Waals surface area contributed by atoms with Crippen molar-refractivity contribution in [1.29, 1.82) is 0 Å². The lowest BCUT2D eigenvalue weighted by atomic mass is 9.77. The molecule has 1 aliphatic heterocycles. The highest BCUT2D eigenvalue weighted by atomic mass is 32.2. The zero-order valence-corrected chi connectivity index (χ0v) is 26.8. The summed E-state index contributed by atoms with van der Waals surface area (Å²) in [6.07, 6.45) is 5.52. The first-order chi connectivity index (χ1) is 22.1. The zero-order chi connectivity index (χ0) is 33.0. The van der Waals surface area contributed by atoms with E-state index in [4.69, 9.17) is 4.74 Å². The predicted octanol–water partition coefficient (Wildman–Crippen LogP) is 3.89. The number of hydrogen-bond donors (Lipinski definition) is 2. The Balaban J connectivity index is 1.24. The molecule has 1 heterocycles. The number of sulfonamides is 1. The van der Waals surface area contributed by atoms with Crippen molar-refractivity contribution in [1.82, 2.24) is 14.5 Å². The van der Waals surface area contributed by atoms with E-state index < -0.39 is 26.3 Å². The van der Waals surface area contributed by atoms with E-state index in [0.717, 1.165) is 31.5 Å². The first kappa shape index (κ1) is 34.9. The van der Waals surface area contributed by atoms with E-state index in [1.807, 2.05) is 30.3 Å². The number of ether oxygens (including phenoxy) is 1. The number of likely N-dealkylation sites (tertiary alicyclic amines) is 1. The molecule has 12 heteroatoms. The molecule has 246 valence electrons. The van der Waals surface area contributed by atoms with Gasteiger partial charge in [-0.2, -0.15) is 4.31 Å². The Bertz CT molecular complexity index is 1550. The number of hydrogen-bond acceptors (Lipinski definition) is 9. The van der Waals surface area contributed by atoms with Crippen LogP contribution < -0.4 is 5.32 Å². The van der Waals surface area contributed by atoms with Crippen LogP contribution in [0.2, 0.25) is 0 Å². The van der Waals surface area contributed by atoms with Crippen LogP contribution in [0.3, 0.4) is 0 Å². The summed E-state index contributed by atoms with van der Waals surface area (Å²) in [6.45, 7) is 2.93. The summed E-state index contributed by atoms with van der Waals surface area (Å²) in [5, 5.41) is 25.0. The molecule has 1 unspecified atom stereocenters. The van der Waals surface area contributed by atoms with Crippen molar-refractivity contribution in [2.24, 2.45) is 0 Å². The fraction of sp³-hybridized carbons (Fsp3) is 0.382. The number of non-ortho nitro benzene ring substituents is 1. The van der Waals surface area contributed by atoms with Crippen LogP contribution in [0.4, 0.5) is 5.69 Å². The van der Waals surface area contributed by atoms with Crippen molar-refractivity contribution < 1.29 is 28.0 Å². The van der Waals surface area contributed by atoms with Crippen LogP contribution in [-0.2, 0) is 31.6 Å². The van der Waals surface area contributed by atoms with Gasteiger partial charge < -0.3 is 20.1 Å². The third kappa shape index (κ3) is 9.54. The minimum Gasteiger partial charge on any atom is -0.458 e. The van der Waals surface area contributed by atoms with Crippen LogP contribution in [0, 0.1) is 10.1 Å². The molecule has 1 fully saturated rings. The molecule has 3 aromatic carbocycles. The van der Waals surface area contributed by atoms with Gasteiger partial charge in [-0.15, -0.1) is 0 Å². The molecular weight excluding hydrogens is 608 g/mol. The molecule has 1 aliphatic rings. The Kier molecular flexibility index (Phi) is 12.6. The lowest BCUT2D eigenvalue weighted by molar-refractivity contribution is -0.384. The third-order valence-electron chi connectivity index (χ3n) is 8.47. The van der Waals surface area contributed by atoms with Crippen LogP contribution in [0.1, 0.15) is 30.4 Å². The maximum atomic E-state index is 13.3. The van der Waals surface area contributed by atoms with Crippen LogP contribution in [-0.4, -0.2) is 86.0 Å². The van der Waals surface area contributed by atoms with Gasteiger partial charge >= 0.3 is 5.97 Å². The molecule has 3 aromatic rings. The Labute approximate surface area is 270 Å². The molecular formula is C34H42N4O7S. The maximum Gasteiger partial charge on any atom is 0.330 e. The summed E-state index contributed by atoms with van der Waals surface area (Å²) in [6, 6.07) is 24.1. The number of esters is 1. The van der Waals surface area contributed by atoms with E-state index in [-0.39, 0.29) is 36.4 Å². The molecule has 11 nitrogen and oxygen atoms in total. The lowest BCUT2D eigenvalue weighted by Gasteiger charge is -2.39. The monoisotopic (exact) mass is 650 g/mol. The van der Waals surface area contributed by atoms with Crippen molar-refractivity contribution in [2.75, 3.05) is 46.4 Å². The number of benzene rings is 3. The smallest absolute Gasteiger partial charge is 0.330 e. The number of carbonyl (C=O) groups excluding carboxylic acids is 1. The molecule has 1 atom stereocenters. The van der Waals surface area contributed by atoms with Gasteiger partial charge in [0.1, 0.15) is 6.61 Å². The molecule has 0 aliphatic carbocycles. The van der Waals surface area contributed by atoms with E-state index in [2.05, 4.69) is 10.2 Å². The second-order valence-corrected chi connectivity index (χ2v) is 13.6. The predicted molar refractivity (Wildman–Crippen MR) is 176 cm³/mol. The Morgan fingerprint density at radius 3 is 2.30 bits per heavy atom. The SMILES string of the molecule is CN(CC(CO)(CCN1CCC(NCC=CC(=O)OCc2ccc([N+](=O)[O-])cc2)CC1)c1ccccc1)S(=O)(=O)c1ccccc1. The van der Waals surface area contributed by atoms with Gasteiger partial charge in [-0.3, -0.25) is 10.1 Å². The number of aliphatic hydroxyl groups is 1. The molecule has 0 saturated carbocycles. The largest absolute Gasteiger partial charge is 0.458 e. The number of nitro benzene ring substituents is 1. The Hall–Kier alpha value is -3.94. The molecule has 0 bridgehead atoms. The summed E-state index contributed by atoms with van der Waals surface area (Å²) in [5.41, 5.74) is 0.784. The van der Waals surface area contributed by atoms with Gasteiger partial charge in [0, 0.05) is 49.8 Å². The number of nitrogens with one attached hydrogen (secondary N) is 1. The van der Waals surface area contributed by atoms with E-state index in [1.165, 1.54) is 22.5 Å². The maximum absolute atomic E-state index is 13.3. The first-order valence-electron chi connectivity index (χ1n) is 15.3. The second kappa shape index (κ2) is 16.6. The van der Waals surface area contributed by atoms with Crippen molar-refractivity contribution in [3.8, 4) is 0 Å². The first-order valence-corrected chi connectivity index (χ1v) is 16.8. The molecule has 0 amide bonds. The third-order valence-corrected chi connectivity index (χ3v) is 10.3. The fourth-order valence-corrected chi connectivity index (χ4v) is 6.93. The van der Waals surface area contributed by atoms with E-state index in [0.29, 0.717) is 25.1 Å². The summed E-state index contributed by atoms with van der Waals surface area (Å²) in [7, 11) is -2.16. The Morgan fingerprint density at radius 2 is 1.70 bits per heavy atom. The number of aliphatic hydroxyl groups excluding tert-OH is 1. The van der Waals surface area contributed by atoms with Gasteiger partial charge in [-0.25, -0.2) is 13.2 Å². The molecule has 0 radical (unpaired) electrons. The van der Waals surface area contributed by atoms with Gasteiger partial charge in [0.25, 0.3) is 5.69 Å². The minimum atomic E-state index is -3.73. The summed E-state index contributed by atoms with van der Waals surface area (Å²) in [4.78, 5) is 24.9. The van der Waals surface area contributed by atoms with Crippen LogP contribution in [0.5, 0.6) is 0 Å². The fourth-order valence-electron chi connectivity index (χ4n) is 5.65. The summed E-state index contributed by atoms with van der Waals surface area (Å²) in [5.74, 6) is -0.483. The average molecular weight is 651 g/mol. The molecule has 46 heavy (non-hydrogen) atoms. The minimum absolute atomic E-state index is 0.0164. The van der Waals surface area contributed by atoms with Crippen molar-refractivity contribution in [3.05, 3.63) is 118 Å². The van der Waals surface area contributed by atoms with Gasteiger partial charge in [0.05, 0.1) is 16.4 Å². The van der Waals surface area contributed by atoms with E-state index >= 15 is 0 Å². The quantitative estimate of drug-likeness (QED) is 0.102. The van der Waals surface area contributed by atoms with Crippen molar-refractivity contribution in [2.45, 2.75) is 42.2 Å². The average Bonchev–Trinajstić information content (AvgIpc) is 3.09. The number of likely N-dealkylation sites (N-methyl/N-ethyl adjacent to an activating group) is 1. The van der Waals surface area contributed by atoms with Crippen LogP contribution in [0.15, 0.2) is 102 Å². The Morgan fingerprint density at radius 1 is 1.07 bits per heavy atom. The second-order valence-electron chi connectivity index (χ2n) is 11.6. The molecule has 0 spiro atoms. The van der Waals surface area contributed by atoms with Gasteiger partial charge in [-0.05, 0) is 74.3 Å². The van der Waals surface area contributed by atoms with E-state index in [1.54, 1.807) is 55.6 Å². The van der Waals surface area contributed by atoms with Crippen LogP contribution in [0.25, 0.3) is 0 Å². The number of rotatable bonds is 16. The summed E-state index contributed by atoms with van der Waals surface area (Å²) < 4.78 is 33.2. The van der Waals surface area contributed by atoms with Crippen LogP contribution >= 0.6 is 0 Å². The highest BCUT2D eigenvalue weighted by Gasteiger charge is 2.37. The highest BCUT2D eigenvalue weighted by Crippen LogP contribution is 2.31. The molecule has 0 aromatic heterocycles. The topological polar surface area (TPSA) is 142 Å². The van der Waals surface area contributed by atoms with Crippen molar-refractivity contribution >= 4 is 21.7 Å². The standard InChI is InChI=1S/C34H42N4O7S/c1-36(46(43,44)32-11-6-3-7-12-32)26-34(27-39,29-9-4-2-5-10-29)20-24-37-22-18-30(19-23-37)35-21-8-13-33(40)45-25-28-14-16-31(17-15-28)38(41)42/h2-17,30,35,39H,18-27H2,1H3. The number of nitro groups is 1. The zero-order valence-electron chi connectivity index (χ0n) is 26.0. The molecule has 4 rings (SSSR count). The van der Waals surface area contributed by atoms with E-state index in [9.17, 15) is 28.4 Å². The summed E-state index contributed by atoms with van der Waals surface area (Å²) >= 11 is 0. The normalized spacial score (nSPS) is 16.0. The van der Waals surface area contributed by atoms with Gasteiger partial charge in [0.15, 0.2) is 0 Å². The number of nitrogens with zero attached hydrogens (tertiary/aromatic N) is 3. The molecule has 2 N–H and O–H groups in total. The number of carbonyl (C=O) groups is 1. The molecule has 1 saturated heterocycles. The number of piperidine rings is 1. The highest BCUT2D eigenvalue weighted by molar-refractivity contribution is 7.89. The lowest BCUT2D eigenvalue weighted by Crippen LogP contribution is -2.48. The van der Waals surface area contributed by atoms with Gasteiger partial charge in [0.2, 0.25) is 10.0 Å². The van der Waals surface area contributed by atoms with Gasteiger partial charge in [-0.1, -0.05) is 54.6 Å². The van der Waals surface area contributed by atoms with Crippen molar-refractivity contribution in [3.63, 3.8) is 0 Å².